The highest BCUT2D eigenvalue weighted by Gasteiger charge is 2.23. The normalized spacial score (nSPS) is 11.6. The summed E-state index contributed by atoms with van der Waals surface area (Å²) in [5.74, 6) is 0.820. The second kappa shape index (κ2) is 9.97. The number of hydrogen-bond donors (Lipinski definition) is 1. The van der Waals surface area contributed by atoms with E-state index in [1.54, 1.807) is 49.4 Å². The first kappa shape index (κ1) is 23.0. The van der Waals surface area contributed by atoms with Gasteiger partial charge in [-0.25, -0.2) is 13.8 Å². The fraction of sp³-hybridized carbons (Fsp3) is 0.300. The van der Waals surface area contributed by atoms with Crippen molar-refractivity contribution in [2.24, 2.45) is 5.10 Å². The molecule has 9 nitrogen and oxygen atoms in total. The van der Waals surface area contributed by atoms with E-state index in [0.717, 1.165) is 10.6 Å². The molecule has 0 aliphatic heterocycles. The van der Waals surface area contributed by atoms with Crippen LogP contribution in [-0.4, -0.2) is 54.2 Å². The van der Waals surface area contributed by atoms with Crippen LogP contribution in [0.25, 0.3) is 0 Å². The van der Waals surface area contributed by atoms with Crippen molar-refractivity contribution in [3.63, 3.8) is 0 Å². The van der Waals surface area contributed by atoms with E-state index in [1.807, 2.05) is 0 Å². The van der Waals surface area contributed by atoms with Gasteiger partial charge in [0.2, 0.25) is 10.0 Å². The fourth-order valence-corrected chi connectivity index (χ4v) is 3.51. The third-order valence-electron chi connectivity index (χ3n) is 4.19. The molecule has 162 valence electrons. The van der Waals surface area contributed by atoms with E-state index in [0.29, 0.717) is 28.5 Å². The number of hydrogen-bond acceptors (Lipinski definition) is 7. The predicted molar refractivity (Wildman–Crippen MR) is 115 cm³/mol. The van der Waals surface area contributed by atoms with Gasteiger partial charge in [0.15, 0.2) is 11.5 Å². The first-order chi connectivity index (χ1) is 14.2. The zero-order valence-electron chi connectivity index (χ0n) is 17.5. The van der Waals surface area contributed by atoms with Crippen LogP contribution in [0.1, 0.15) is 12.5 Å². The number of sulfonamides is 1. The molecule has 0 aromatic heterocycles. The maximum Gasteiger partial charge on any atom is 0.260 e. The second-order valence-corrected chi connectivity index (χ2v) is 8.15. The first-order valence-electron chi connectivity index (χ1n) is 8.87. The molecule has 0 atom stereocenters. The molecule has 0 spiro atoms. The van der Waals surface area contributed by atoms with Gasteiger partial charge < -0.3 is 14.2 Å². The molecule has 0 saturated heterocycles. The molecule has 0 bridgehead atoms. The predicted octanol–water partition coefficient (Wildman–Crippen LogP) is 2.02. The standard InChI is InChI=1S/C20H25N3O6S/c1-14(15-10-11-18(28-3)19(12-15)29-4)21-22-20(24)13-23(30(5,25)26)16-8-6-7-9-17(16)27-2/h6-12H,13H2,1-5H3,(H,22,24)/b21-14+. The van der Waals surface area contributed by atoms with Gasteiger partial charge in [-0.05, 0) is 37.3 Å². The van der Waals surface area contributed by atoms with Gasteiger partial charge in [0.25, 0.3) is 5.91 Å². The van der Waals surface area contributed by atoms with E-state index in [1.165, 1.54) is 21.3 Å². The monoisotopic (exact) mass is 435 g/mol. The van der Waals surface area contributed by atoms with Crippen LogP contribution >= 0.6 is 0 Å². The van der Waals surface area contributed by atoms with Crippen molar-refractivity contribution >= 4 is 27.3 Å². The van der Waals surface area contributed by atoms with E-state index in [9.17, 15) is 13.2 Å². The van der Waals surface area contributed by atoms with Crippen molar-refractivity contribution in [3.8, 4) is 17.2 Å². The van der Waals surface area contributed by atoms with E-state index in [4.69, 9.17) is 14.2 Å². The topological polar surface area (TPSA) is 107 Å². The molecule has 0 unspecified atom stereocenters. The number of rotatable bonds is 9. The smallest absolute Gasteiger partial charge is 0.260 e. The molecule has 30 heavy (non-hydrogen) atoms. The highest BCUT2D eigenvalue weighted by Crippen LogP contribution is 2.29. The molecule has 2 rings (SSSR count). The maximum atomic E-state index is 12.4. The van der Waals surface area contributed by atoms with Crippen molar-refractivity contribution in [1.29, 1.82) is 0 Å². The summed E-state index contributed by atoms with van der Waals surface area (Å²) >= 11 is 0. The lowest BCUT2D eigenvalue weighted by Crippen LogP contribution is -2.39. The molecule has 0 radical (unpaired) electrons. The molecule has 2 aromatic rings. The summed E-state index contributed by atoms with van der Waals surface area (Å²) < 4.78 is 41.1. The van der Waals surface area contributed by atoms with Crippen molar-refractivity contribution in [3.05, 3.63) is 48.0 Å². The number of para-hydroxylation sites is 2. The van der Waals surface area contributed by atoms with Crippen molar-refractivity contribution in [2.75, 3.05) is 38.4 Å². The van der Waals surface area contributed by atoms with E-state index < -0.39 is 22.5 Å². The minimum atomic E-state index is -3.74. The molecular formula is C20H25N3O6S. The third kappa shape index (κ3) is 5.63. The number of nitrogens with zero attached hydrogens (tertiary/aromatic N) is 2. The molecular weight excluding hydrogens is 410 g/mol. The number of hydrazone groups is 1. The number of amides is 1. The minimum absolute atomic E-state index is 0.262. The van der Waals surface area contributed by atoms with E-state index >= 15 is 0 Å². The largest absolute Gasteiger partial charge is 0.495 e. The highest BCUT2D eigenvalue weighted by atomic mass is 32.2. The number of anilines is 1. The fourth-order valence-electron chi connectivity index (χ4n) is 2.65. The zero-order chi connectivity index (χ0) is 22.3. The van der Waals surface area contributed by atoms with Gasteiger partial charge in [0.05, 0.1) is 39.0 Å². The summed E-state index contributed by atoms with van der Waals surface area (Å²) in [4.78, 5) is 12.4. The molecule has 2 aromatic carbocycles. The van der Waals surface area contributed by atoms with Crippen molar-refractivity contribution in [2.45, 2.75) is 6.92 Å². The van der Waals surface area contributed by atoms with Gasteiger partial charge in [0.1, 0.15) is 12.3 Å². The minimum Gasteiger partial charge on any atom is -0.495 e. The van der Waals surface area contributed by atoms with Crippen LogP contribution in [0.15, 0.2) is 47.6 Å². The van der Waals surface area contributed by atoms with Gasteiger partial charge in [-0.1, -0.05) is 12.1 Å². The molecule has 0 heterocycles. The molecule has 0 saturated carbocycles. The average Bonchev–Trinajstić information content (AvgIpc) is 2.74. The van der Waals surface area contributed by atoms with Crippen LogP contribution < -0.4 is 23.9 Å². The molecule has 0 fully saturated rings. The number of carbonyl (C=O) groups is 1. The van der Waals surface area contributed by atoms with Gasteiger partial charge in [-0.3, -0.25) is 9.10 Å². The Morgan fingerprint density at radius 1 is 1.00 bits per heavy atom. The summed E-state index contributed by atoms with van der Waals surface area (Å²) in [6.07, 6.45) is 1.02. The van der Waals surface area contributed by atoms with Gasteiger partial charge in [-0.2, -0.15) is 5.10 Å². The Kier molecular flexibility index (Phi) is 7.65. The lowest BCUT2D eigenvalue weighted by Gasteiger charge is -2.23. The molecule has 1 N–H and O–H groups in total. The summed E-state index contributed by atoms with van der Waals surface area (Å²) in [7, 11) is 0.744. The van der Waals surface area contributed by atoms with Crippen molar-refractivity contribution < 1.29 is 27.4 Å². The Bertz CT molecular complexity index is 1040. The third-order valence-corrected chi connectivity index (χ3v) is 5.32. The Labute approximate surface area is 176 Å². The van der Waals surface area contributed by atoms with Crippen LogP contribution in [0, 0.1) is 0 Å². The average molecular weight is 436 g/mol. The number of nitrogens with one attached hydrogen (secondary N) is 1. The first-order valence-corrected chi connectivity index (χ1v) is 10.7. The number of benzene rings is 2. The van der Waals surface area contributed by atoms with Gasteiger partial charge in [0, 0.05) is 5.56 Å². The van der Waals surface area contributed by atoms with Crippen molar-refractivity contribution in [1.82, 2.24) is 5.43 Å². The Morgan fingerprint density at radius 2 is 1.63 bits per heavy atom. The van der Waals surface area contributed by atoms with Gasteiger partial charge >= 0.3 is 0 Å². The van der Waals surface area contributed by atoms with Crippen LogP contribution in [0.4, 0.5) is 5.69 Å². The zero-order valence-corrected chi connectivity index (χ0v) is 18.3. The summed E-state index contributed by atoms with van der Waals surface area (Å²) in [5.41, 5.74) is 3.86. The van der Waals surface area contributed by atoms with Crippen LogP contribution in [-0.2, 0) is 14.8 Å². The van der Waals surface area contributed by atoms with Gasteiger partial charge in [-0.15, -0.1) is 0 Å². The Morgan fingerprint density at radius 3 is 2.23 bits per heavy atom. The second-order valence-electron chi connectivity index (χ2n) is 6.24. The van der Waals surface area contributed by atoms with Crippen LogP contribution in [0.2, 0.25) is 0 Å². The lowest BCUT2D eigenvalue weighted by molar-refractivity contribution is -0.119. The number of carbonyl (C=O) groups excluding carboxylic acids is 1. The van der Waals surface area contributed by atoms with Crippen LogP contribution in [0.3, 0.4) is 0 Å². The lowest BCUT2D eigenvalue weighted by atomic mass is 10.1. The highest BCUT2D eigenvalue weighted by molar-refractivity contribution is 7.92. The van der Waals surface area contributed by atoms with E-state index in [2.05, 4.69) is 10.5 Å². The summed E-state index contributed by atoms with van der Waals surface area (Å²) in [6, 6.07) is 11.8. The Balaban J connectivity index is 2.20. The molecule has 1 amide bonds. The number of methoxy groups -OCH3 is 3. The maximum absolute atomic E-state index is 12.4. The van der Waals surface area contributed by atoms with E-state index in [-0.39, 0.29) is 5.69 Å². The quantitative estimate of drug-likeness (QED) is 0.477. The summed E-state index contributed by atoms with van der Waals surface area (Å²) in [6.45, 7) is 1.25. The molecule has 0 aliphatic rings. The summed E-state index contributed by atoms with van der Waals surface area (Å²) in [5, 5.41) is 4.06. The molecule has 10 heteroatoms. The number of ether oxygens (including phenoxy) is 3. The Hall–Kier alpha value is -3.27. The molecule has 0 aliphatic carbocycles. The SMILES string of the molecule is COc1ccc(/C(C)=N/NC(=O)CN(c2ccccc2OC)S(C)(=O)=O)cc1OC. The van der Waals surface area contributed by atoms with Crippen LogP contribution in [0.5, 0.6) is 17.2 Å².